The van der Waals surface area contributed by atoms with Crippen molar-refractivity contribution in [1.82, 2.24) is 9.78 Å². The first-order valence-corrected chi connectivity index (χ1v) is 7.71. The lowest BCUT2D eigenvalue weighted by Gasteiger charge is -2.15. The van der Waals surface area contributed by atoms with Crippen LogP contribution in [0.3, 0.4) is 0 Å². The molecule has 102 valence electrons. The van der Waals surface area contributed by atoms with Crippen LogP contribution in [0.5, 0.6) is 0 Å². The van der Waals surface area contributed by atoms with Crippen LogP contribution in [0.15, 0.2) is 29.2 Å². The number of aromatic nitrogens is 2. The summed E-state index contributed by atoms with van der Waals surface area (Å²) in [4.78, 5) is 1.22. The van der Waals surface area contributed by atoms with E-state index < -0.39 is 0 Å². The number of aryl methyl sites for hydroxylation is 2. The lowest BCUT2D eigenvalue weighted by molar-refractivity contribution is 0.704. The van der Waals surface area contributed by atoms with Gasteiger partial charge in [0, 0.05) is 23.5 Å². The van der Waals surface area contributed by atoms with E-state index in [-0.39, 0.29) is 6.04 Å². The fourth-order valence-corrected chi connectivity index (χ4v) is 3.13. The molecule has 0 aliphatic rings. The van der Waals surface area contributed by atoms with E-state index in [1.54, 1.807) is 16.4 Å². The molecule has 2 rings (SSSR count). The average molecular weight is 296 g/mol. The van der Waals surface area contributed by atoms with Gasteiger partial charge in [0.1, 0.15) is 5.15 Å². The number of rotatable bonds is 4. The summed E-state index contributed by atoms with van der Waals surface area (Å²) in [6, 6.07) is 8.16. The van der Waals surface area contributed by atoms with Crippen LogP contribution in [-0.4, -0.2) is 16.0 Å². The van der Waals surface area contributed by atoms with Gasteiger partial charge in [-0.25, -0.2) is 0 Å². The maximum Gasteiger partial charge on any atom is 0.130 e. The number of hydrogen-bond acceptors (Lipinski definition) is 3. The molecule has 5 heteroatoms. The van der Waals surface area contributed by atoms with E-state index in [0.29, 0.717) is 11.6 Å². The van der Waals surface area contributed by atoms with Crippen molar-refractivity contribution in [2.24, 2.45) is 12.8 Å². The summed E-state index contributed by atoms with van der Waals surface area (Å²) >= 11 is 7.97. The van der Waals surface area contributed by atoms with E-state index in [2.05, 4.69) is 23.5 Å². The molecule has 0 saturated heterocycles. The Labute approximate surface area is 123 Å². The molecule has 1 aromatic carbocycles. The predicted molar refractivity (Wildman–Crippen MR) is 81.8 cm³/mol. The topological polar surface area (TPSA) is 43.8 Å². The minimum absolute atomic E-state index is 0.0657. The van der Waals surface area contributed by atoms with E-state index in [4.69, 9.17) is 17.3 Å². The SMILES string of the molecule is CSc1ccccc1C(N)Cc1c(C)nn(C)c1Cl. The molecule has 0 radical (unpaired) electrons. The number of thioether (sulfide) groups is 1. The number of halogens is 1. The van der Waals surface area contributed by atoms with E-state index in [9.17, 15) is 0 Å². The molecule has 1 atom stereocenters. The molecule has 2 aromatic rings. The first-order valence-electron chi connectivity index (χ1n) is 6.11. The molecule has 0 saturated carbocycles. The summed E-state index contributed by atoms with van der Waals surface area (Å²) in [6.07, 6.45) is 2.77. The van der Waals surface area contributed by atoms with Gasteiger partial charge in [0.15, 0.2) is 0 Å². The second-order valence-electron chi connectivity index (χ2n) is 4.53. The molecule has 1 aromatic heterocycles. The molecule has 1 unspecified atom stereocenters. The van der Waals surface area contributed by atoms with Gasteiger partial charge in [0.2, 0.25) is 0 Å². The summed E-state index contributed by atoms with van der Waals surface area (Å²) in [5.74, 6) is 0. The van der Waals surface area contributed by atoms with Crippen LogP contribution in [0.25, 0.3) is 0 Å². The summed E-state index contributed by atoms with van der Waals surface area (Å²) in [5, 5.41) is 5.00. The van der Waals surface area contributed by atoms with Crippen molar-refractivity contribution in [3.05, 3.63) is 46.2 Å². The average Bonchev–Trinajstić information content (AvgIpc) is 2.65. The minimum atomic E-state index is -0.0657. The van der Waals surface area contributed by atoms with E-state index in [0.717, 1.165) is 16.8 Å². The Balaban J connectivity index is 2.28. The Hall–Kier alpha value is -0.970. The van der Waals surface area contributed by atoms with Gasteiger partial charge in [0.25, 0.3) is 0 Å². The van der Waals surface area contributed by atoms with Gasteiger partial charge in [-0.2, -0.15) is 5.10 Å². The standard InChI is InChI=1S/C14H18ClN3S/c1-9-11(14(15)18(2)17-9)8-12(16)10-6-4-5-7-13(10)19-3/h4-7,12H,8,16H2,1-3H3. The molecule has 3 nitrogen and oxygen atoms in total. The first-order chi connectivity index (χ1) is 9.04. The fourth-order valence-electron chi connectivity index (χ4n) is 2.21. The van der Waals surface area contributed by atoms with Gasteiger partial charge >= 0.3 is 0 Å². The van der Waals surface area contributed by atoms with Crippen LogP contribution in [0.4, 0.5) is 0 Å². The van der Waals surface area contributed by atoms with E-state index in [1.165, 1.54) is 4.90 Å². The van der Waals surface area contributed by atoms with Crippen LogP contribution in [-0.2, 0) is 13.5 Å². The summed E-state index contributed by atoms with van der Waals surface area (Å²) in [5.41, 5.74) is 9.49. The molecule has 0 fully saturated rings. The van der Waals surface area contributed by atoms with E-state index >= 15 is 0 Å². The lowest BCUT2D eigenvalue weighted by Crippen LogP contribution is -2.14. The van der Waals surface area contributed by atoms with Gasteiger partial charge in [-0.15, -0.1) is 11.8 Å². The third-order valence-corrected chi connectivity index (χ3v) is 4.52. The van der Waals surface area contributed by atoms with E-state index in [1.807, 2.05) is 26.1 Å². The van der Waals surface area contributed by atoms with Crippen molar-refractivity contribution < 1.29 is 0 Å². The molecule has 0 aliphatic heterocycles. The number of benzene rings is 1. The zero-order valence-electron chi connectivity index (χ0n) is 11.4. The minimum Gasteiger partial charge on any atom is -0.324 e. The first kappa shape index (κ1) is 14.4. The number of hydrogen-bond donors (Lipinski definition) is 1. The zero-order valence-corrected chi connectivity index (χ0v) is 12.9. The Morgan fingerprint density at radius 3 is 2.68 bits per heavy atom. The maximum atomic E-state index is 6.34. The third-order valence-electron chi connectivity index (χ3n) is 3.23. The molecule has 0 aliphatic carbocycles. The van der Waals surface area contributed by atoms with Crippen LogP contribution in [0.2, 0.25) is 5.15 Å². The highest BCUT2D eigenvalue weighted by molar-refractivity contribution is 7.98. The smallest absolute Gasteiger partial charge is 0.130 e. The van der Waals surface area contributed by atoms with Crippen molar-refractivity contribution >= 4 is 23.4 Å². The maximum absolute atomic E-state index is 6.34. The van der Waals surface area contributed by atoms with Gasteiger partial charge in [-0.1, -0.05) is 29.8 Å². The molecule has 19 heavy (non-hydrogen) atoms. The van der Waals surface area contributed by atoms with Gasteiger partial charge in [0.05, 0.1) is 5.69 Å². The van der Waals surface area contributed by atoms with Crippen molar-refractivity contribution in [3.63, 3.8) is 0 Å². The fraction of sp³-hybridized carbons (Fsp3) is 0.357. The summed E-state index contributed by atoms with van der Waals surface area (Å²) in [6.45, 7) is 1.97. The molecule has 1 heterocycles. The van der Waals surface area contributed by atoms with Crippen molar-refractivity contribution in [2.45, 2.75) is 24.3 Å². The van der Waals surface area contributed by atoms with Crippen LogP contribution >= 0.6 is 23.4 Å². The van der Waals surface area contributed by atoms with Gasteiger partial charge in [-0.3, -0.25) is 4.68 Å². The van der Waals surface area contributed by atoms with Gasteiger partial charge < -0.3 is 5.73 Å². The number of nitrogens with two attached hydrogens (primary N) is 1. The van der Waals surface area contributed by atoms with Crippen molar-refractivity contribution in [1.29, 1.82) is 0 Å². The molecular weight excluding hydrogens is 278 g/mol. The highest BCUT2D eigenvalue weighted by Gasteiger charge is 2.17. The van der Waals surface area contributed by atoms with Gasteiger partial charge in [-0.05, 0) is 31.2 Å². The van der Waals surface area contributed by atoms with Crippen molar-refractivity contribution in [2.75, 3.05) is 6.26 Å². The monoisotopic (exact) mass is 295 g/mol. The Morgan fingerprint density at radius 2 is 2.11 bits per heavy atom. The summed E-state index contributed by atoms with van der Waals surface area (Å²) < 4.78 is 1.69. The Morgan fingerprint density at radius 1 is 1.42 bits per heavy atom. The second-order valence-corrected chi connectivity index (χ2v) is 5.74. The second kappa shape index (κ2) is 5.99. The molecule has 2 N–H and O–H groups in total. The molecule has 0 bridgehead atoms. The lowest BCUT2D eigenvalue weighted by atomic mass is 10.0. The number of nitrogens with zero attached hydrogens (tertiary/aromatic N) is 2. The van der Waals surface area contributed by atoms with Crippen molar-refractivity contribution in [3.8, 4) is 0 Å². The zero-order chi connectivity index (χ0) is 14.0. The molecule has 0 amide bonds. The van der Waals surface area contributed by atoms with Crippen LogP contribution in [0.1, 0.15) is 22.9 Å². The molecular formula is C14H18ClN3S. The summed E-state index contributed by atoms with van der Waals surface area (Å²) in [7, 11) is 1.85. The highest BCUT2D eigenvalue weighted by Crippen LogP contribution is 2.29. The Bertz CT molecular complexity index is 580. The largest absolute Gasteiger partial charge is 0.324 e. The normalized spacial score (nSPS) is 12.7. The Kier molecular flexibility index (Phi) is 4.55. The highest BCUT2D eigenvalue weighted by atomic mass is 35.5. The van der Waals surface area contributed by atoms with Crippen LogP contribution in [0, 0.1) is 6.92 Å². The quantitative estimate of drug-likeness (QED) is 0.880. The van der Waals surface area contributed by atoms with Crippen LogP contribution < -0.4 is 5.73 Å². The predicted octanol–water partition coefficient (Wildman–Crippen LogP) is 3.35. The third kappa shape index (κ3) is 2.96. The molecule has 0 spiro atoms.